The van der Waals surface area contributed by atoms with Gasteiger partial charge < -0.3 is 10.1 Å². The van der Waals surface area contributed by atoms with Crippen molar-refractivity contribution in [2.24, 2.45) is 0 Å². The van der Waals surface area contributed by atoms with Gasteiger partial charge in [0.05, 0.1) is 6.54 Å². The van der Waals surface area contributed by atoms with Crippen LogP contribution in [0.25, 0.3) is 6.08 Å². The van der Waals surface area contributed by atoms with E-state index in [9.17, 15) is 13.6 Å². The van der Waals surface area contributed by atoms with Gasteiger partial charge in [0.2, 0.25) is 5.91 Å². The number of carbonyl (C=O) groups is 1. The second kappa shape index (κ2) is 9.54. The third-order valence-electron chi connectivity index (χ3n) is 3.81. The Labute approximate surface area is 175 Å². The van der Waals surface area contributed by atoms with E-state index in [1.165, 1.54) is 18.2 Å². The van der Waals surface area contributed by atoms with Crippen LogP contribution in [0.15, 0.2) is 60.8 Å². The Morgan fingerprint density at radius 2 is 1.83 bits per heavy atom. The standard InChI is InChI=1S/C20H15Cl2F2N3O2/c21-16-2-1-3-17(22)15(16)12-27-11-10-18(26-27)25-19(28)9-6-13-4-7-14(8-5-13)29-20(23)24/h1-11,20H,12H2,(H,25,26,28)/b9-6-. The van der Waals surface area contributed by atoms with Gasteiger partial charge in [-0.25, -0.2) is 0 Å². The first-order valence-corrected chi connectivity index (χ1v) is 9.16. The average molecular weight is 438 g/mol. The van der Waals surface area contributed by atoms with Crippen LogP contribution < -0.4 is 10.1 Å². The zero-order valence-electron chi connectivity index (χ0n) is 14.9. The van der Waals surface area contributed by atoms with E-state index >= 15 is 0 Å². The van der Waals surface area contributed by atoms with Crippen LogP contribution >= 0.6 is 23.2 Å². The Bertz CT molecular complexity index is 1000. The predicted octanol–water partition coefficient (Wildman–Crippen LogP) is 5.49. The van der Waals surface area contributed by atoms with Crippen molar-refractivity contribution in [3.63, 3.8) is 0 Å². The summed E-state index contributed by atoms with van der Waals surface area (Å²) in [7, 11) is 0. The lowest BCUT2D eigenvalue weighted by Crippen LogP contribution is -2.09. The molecule has 0 fully saturated rings. The van der Waals surface area contributed by atoms with E-state index in [-0.39, 0.29) is 11.7 Å². The number of ether oxygens (including phenoxy) is 1. The van der Waals surface area contributed by atoms with Crippen LogP contribution in [-0.2, 0) is 11.3 Å². The third kappa shape index (κ3) is 6.04. The second-order valence-electron chi connectivity index (χ2n) is 5.87. The van der Waals surface area contributed by atoms with Crippen molar-refractivity contribution in [1.82, 2.24) is 9.78 Å². The average Bonchev–Trinajstić information content (AvgIpc) is 3.11. The zero-order valence-corrected chi connectivity index (χ0v) is 16.4. The summed E-state index contributed by atoms with van der Waals surface area (Å²) < 4.78 is 30.1. The molecule has 0 saturated carbocycles. The molecule has 0 bridgehead atoms. The number of benzene rings is 2. The molecule has 0 atom stereocenters. The van der Waals surface area contributed by atoms with Gasteiger partial charge in [-0.05, 0) is 35.9 Å². The lowest BCUT2D eigenvalue weighted by atomic mass is 10.2. The van der Waals surface area contributed by atoms with Crippen LogP contribution in [0.3, 0.4) is 0 Å². The summed E-state index contributed by atoms with van der Waals surface area (Å²) >= 11 is 12.3. The normalized spacial score (nSPS) is 11.2. The Hall–Kier alpha value is -2.90. The molecule has 1 N–H and O–H groups in total. The van der Waals surface area contributed by atoms with Crippen LogP contribution in [0.4, 0.5) is 14.6 Å². The minimum Gasteiger partial charge on any atom is -0.435 e. The molecule has 1 aromatic heterocycles. The Morgan fingerprint density at radius 3 is 2.48 bits per heavy atom. The molecule has 9 heteroatoms. The Balaban J connectivity index is 1.58. The van der Waals surface area contributed by atoms with Gasteiger partial charge in [0, 0.05) is 33.9 Å². The van der Waals surface area contributed by atoms with Crippen molar-refractivity contribution in [2.75, 3.05) is 5.32 Å². The minimum atomic E-state index is -2.88. The van der Waals surface area contributed by atoms with Crippen LogP contribution in [0.5, 0.6) is 5.75 Å². The fraction of sp³-hybridized carbons (Fsp3) is 0.100. The summed E-state index contributed by atoms with van der Waals surface area (Å²) in [6, 6.07) is 12.8. The highest BCUT2D eigenvalue weighted by Crippen LogP contribution is 2.25. The molecule has 0 aliphatic heterocycles. The highest BCUT2D eigenvalue weighted by Gasteiger charge is 2.08. The number of aromatic nitrogens is 2. The number of nitrogens with one attached hydrogen (secondary N) is 1. The van der Waals surface area contributed by atoms with Gasteiger partial charge in [-0.2, -0.15) is 13.9 Å². The van der Waals surface area contributed by atoms with Crippen molar-refractivity contribution in [3.8, 4) is 5.75 Å². The van der Waals surface area contributed by atoms with E-state index in [0.29, 0.717) is 28.0 Å². The largest absolute Gasteiger partial charge is 0.435 e. The predicted molar refractivity (Wildman–Crippen MR) is 109 cm³/mol. The summed E-state index contributed by atoms with van der Waals surface area (Å²) in [6.45, 7) is -2.52. The van der Waals surface area contributed by atoms with Crippen molar-refractivity contribution >= 4 is 41.0 Å². The van der Waals surface area contributed by atoms with E-state index in [1.807, 2.05) is 0 Å². The quantitative estimate of drug-likeness (QED) is 0.497. The summed E-state index contributed by atoms with van der Waals surface area (Å²) in [5.74, 6) is 0.0215. The van der Waals surface area contributed by atoms with Gasteiger partial charge >= 0.3 is 6.61 Å². The molecule has 150 valence electrons. The molecule has 0 aliphatic rings. The first-order valence-electron chi connectivity index (χ1n) is 8.41. The first kappa shape index (κ1) is 20.8. The molecule has 0 aliphatic carbocycles. The number of hydrogen-bond donors (Lipinski definition) is 1. The van der Waals surface area contributed by atoms with Crippen molar-refractivity contribution in [3.05, 3.63) is 82.0 Å². The summed E-state index contributed by atoms with van der Waals surface area (Å²) in [5.41, 5.74) is 1.39. The minimum absolute atomic E-state index is 0.0470. The summed E-state index contributed by atoms with van der Waals surface area (Å²) in [6.07, 6.45) is 4.55. The molecular formula is C20H15Cl2F2N3O2. The molecule has 2 aromatic carbocycles. The van der Waals surface area contributed by atoms with Gasteiger partial charge in [-0.3, -0.25) is 9.48 Å². The molecule has 3 rings (SSSR count). The molecule has 0 unspecified atom stereocenters. The van der Waals surface area contributed by atoms with E-state index < -0.39 is 6.61 Å². The molecule has 3 aromatic rings. The number of nitrogens with zero attached hydrogens (tertiary/aromatic N) is 2. The molecule has 1 amide bonds. The van der Waals surface area contributed by atoms with E-state index in [2.05, 4.69) is 15.2 Å². The lowest BCUT2D eigenvalue weighted by Gasteiger charge is -2.06. The number of carbonyl (C=O) groups excluding carboxylic acids is 1. The number of rotatable bonds is 7. The van der Waals surface area contributed by atoms with Gasteiger partial charge in [0.15, 0.2) is 5.82 Å². The SMILES string of the molecule is O=C(/C=C\c1ccc(OC(F)F)cc1)Nc1ccn(Cc2c(Cl)cccc2Cl)n1. The monoisotopic (exact) mass is 437 g/mol. The van der Waals surface area contributed by atoms with Crippen molar-refractivity contribution in [2.45, 2.75) is 13.2 Å². The molecule has 1 heterocycles. The number of hydrogen-bond acceptors (Lipinski definition) is 3. The zero-order chi connectivity index (χ0) is 20.8. The van der Waals surface area contributed by atoms with Crippen molar-refractivity contribution < 1.29 is 18.3 Å². The fourth-order valence-corrected chi connectivity index (χ4v) is 2.98. The number of halogens is 4. The maximum absolute atomic E-state index is 12.1. The third-order valence-corrected chi connectivity index (χ3v) is 4.51. The molecular weight excluding hydrogens is 423 g/mol. The number of anilines is 1. The summed E-state index contributed by atoms with van der Waals surface area (Å²) in [5, 5.41) is 7.97. The van der Waals surface area contributed by atoms with Crippen molar-refractivity contribution in [1.29, 1.82) is 0 Å². The molecule has 5 nitrogen and oxygen atoms in total. The fourth-order valence-electron chi connectivity index (χ4n) is 2.46. The van der Waals surface area contributed by atoms with Gasteiger partial charge in [0.1, 0.15) is 5.75 Å². The highest BCUT2D eigenvalue weighted by atomic mass is 35.5. The molecule has 0 saturated heterocycles. The van der Waals surface area contributed by atoms with E-state index in [1.54, 1.807) is 53.4 Å². The molecule has 0 spiro atoms. The maximum Gasteiger partial charge on any atom is 0.387 e. The Morgan fingerprint density at radius 1 is 1.14 bits per heavy atom. The molecule has 29 heavy (non-hydrogen) atoms. The number of alkyl halides is 2. The van der Waals surface area contributed by atoms with Crippen LogP contribution in [0.2, 0.25) is 10.0 Å². The van der Waals surface area contributed by atoms with Crippen LogP contribution in [0, 0.1) is 0 Å². The summed E-state index contributed by atoms with van der Waals surface area (Å²) in [4.78, 5) is 12.1. The van der Waals surface area contributed by atoms with E-state index in [0.717, 1.165) is 5.56 Å². The van der Waals surface area contributed by atoms with E-state index in [4.69, 9.17) is 23.2 Å². The van der Waals surface area contributed by atoms with Gasteiger partial charge in [-0.15, -0.1) is 0 Å². The van der Waals surface area contributed by atoms with Crippen LogP contribution in [0.1, 0.15) is 11.1 Å². The molecule has 0 radical (unpaired) electrons. The smallest absolute Gasteiger partial charge is 0.387 e. The Kier molecular flexibility index (Phi) is 6.85. The first-order chi connectivity index (χ1) is 13.9. The number of amides is 1. The maximum atomic E-state index is 12.1. The van der Waals surface area contributed by atoms with Crippen LogP contribution in [-0.4, -0.2) is 22.3 Å². The second-order valence-corrected chi connectivity index (χ2v) is 6.68. The topological polar surface area (TPSA) is 56.1 Å². The van der Waals surface area contributed by atoms with Gasteiger partial charge in [0.25, 0.3) is 0 Å². The van der Waals surface area contributed by atoms with Gasteiger partial charge in [-0.1, -0.05) is 41.4 Å². The lowest BCUT2D eigenvalue weighted by molar-refractivity contribution is -0.111. The highest BCUT2D eigenvalue weighted by molar-refractivity contribution is 6.35.